The number of carboxylic acid groups (broad SMARTS) is 1. The summed E-state index contributed by atoms with van der Waals surface area (Å²) in [6.45, 7) is -0.0000229. The van der Waals surface area contributed by atoms with Gasteiger partial charge < -0.3 is 19.9 Å². The minimum Gasteiger partial charge on any atom is -0.480 e. The molecule has 2 aromatic rings. The molecule has 0 aliphatic heterocycles. The maximum atomic E-state index is 12.1. The van der Waals surface area contributed by atoms with Crippen LogP contribution in [0.1, 0.15) is 23.7 Å². The van der Waals surface area contributed by atoms with Gasteiger partial charge in [0.1, 0.15) is 18.8 Å². The molecule has 0 aromatic heterocycles. The normalized spacial score (nSPS) is 11.9. The summed E-state index contributed by atoms with van der Waals surface area (Å²) in [6, 6.07) is 18.1. The molecule has 0 heterocycles. The van der Waals surface area contributed by atoms with Gasteiger partial charge in [-0.15, -0.1) is 0 Å². The standard InChI is InChI=1S/C20H23NO5/c1-25-13-12-17(20(23)24)21-18(22)14-26-19(15-8-4-2-5-9-15)16-10-6-3-7-11-16/h2-11,17,19H,12-14H2,1H3,(H,21,22)(H,23,24). The van der Waals surface area contributed by atoms with Crippen LogP contribution in [0.5, 0.6) is 0 Å². The zero-order valence-corrected chi connectivity index (χ0v) is 14.6. The van der Waals surface area contributed by atoms with Crippen molar-refractivity contribution in [1.29, 1.82) is 0 Å². The van der Waals surface area contributed by atoms with E-state index >= 15 is 0 Å². The predicted octanol–water partition coefficient (Wildman–Crippen LogP) is 2.40. The van der Waals surface area contributed by atoms with Gasteiger partial charge in [0.2, 0.25) is 5.91 Å². The Morgan fingerprint density at radius 3 is 2.00 bits per heavy atom. The summed E-state index contributed by atoms with van der Waals surface area (Å²) in [6.07, 6.45) is -0.219. The Kier molecular flexibility index (Phi) is 7.79. The van der Waals surface area contributed by atoms with Crippen molar-refractivity contribution in [2.24, 2.45) is 0 Å². The Morgan fingerprint density at radius 1 is 1.00 bits per heavy atom. The maximum absolute atomic E-state index is 12.1. The Labute approximate surface area is 152 Å². The average Bonchev–Trinajstić information content (AvgIpc) is 2.66. The van der Waals surface area contributed by atoms with Gasteiger partial charge in [-0.05, 0) is 11.1 Å². The molecule has 1 unspecified atom stereocenters. The zero-order valence-electron chi connectivity index (χ0n) is 14.6. The molecule has 6 heteroatoms. The van der Waals surface area contributed by atoms with Crippen molar-refractivity contribution in [2.45, 2.75) is 18.6 Å². The largest absolute Gasteiger partial charge is 0.480 e. The van der Waals surface area contributed by atoms with Crippen LogP contribution in [-0.2, 0) is 19.1 Å². The number of hydrogen-bond acceptors (Lipinski definition) is 4. The molecule has 0 aliphatic carbocycles. The van der Waals surface area contributed by atoms with E-state index in [9.17, 15) is 14.7 Å². The van der Waals surface area contributed by atoms with Gasteiger partial charge >= 0.3 is 5.97 Å². The van der Waals surface area contributed by atoms with Crippen LogP contribution in [0.4, 0.5) is 0 Å². The van der Waals surface area contributed by atoms with Crippen molar-refractivity contribution in [3.63, 3.8) is 0 Å². The number of nitrogens with one attached hydrogen (secondary N) is 1. The number of hydrogen-bond donors (Lipinski definition) is 2. The number of carboxylic acids is 1. The van der Waals surface area contributed by atoms with E-state index in [1.807, 2.05) is 60.7 Å². The molecule has 2 aromatic carbocycles. The van der Waals surface area contributed by atoms with E-state index < -0.39 is 24.0 Å². The molecule has 1 amide bonds. The Hall–Kier alpha value is -2.70. The molecule has 1 atom stereocenters. The van der Waals surface area contributed by atoms with Crippen LogP contribution >= 0.6 is 0 Å². The van der Waals surface area contributed by atoms with E-state index in [1.54, 1.807) is 0 Å². The molecule has 0 fully saturated rings. The molecule has 0 bridgehead atoms. The summed E-state index contributed by atoms with van der Waals surface area (Å²) in [7, 11) is 1.48. The lowest BCUT2D eigenvalue weighted by Gasteiger charge is -2.20. The van der Waals surface area contributed by atoms with Crippen molar-refractivity contribution in [2.75, 3.05) is 20.3 Å². The van der Waals surface area contributed by atoms with E-state index in [0.717, 1.165) is 11.1 Å². The molecule has 0 radical (unpaired) electrons. The van der Waals surface area contributed by atoms with Gasteiger partial charge in [-0.1, -0.05) is 60.7 Å². The number of carbonyl (C=O) groups excluding carboxylic acids is 1. The number of aliphatic carboxylic acids is 1. The third-order valence-electron chi connectivity index (χ3n) is 3.83. The number of benzene rings is 2. The second kappa shape index (κ2) is 10.3. The lowest BCUT2D eigenvalue weighted by Crippen LogP contribution is -2.43. The van der Waals surface area contributed by atoms with Crippen LogP contribution in [0.15, 0.2) is 60.7 Å². The summed E-state index contributed by atoms with van der Waals surface area (Å²) in [5.74, 6) is -1.58. The fraction of sp³-hybridized carbons (Fsp3) is 0.300. The topological polar surface area (TPSA) is 84.9 Å². The van der Waals surface area contributed by atoms with Gasteiger partial charge in [-0.2, -0.15) is 0 Å². The number of ether oxygens (including phenoxy) is 2. The van der Waals surface area contributed by atoms with E-state index in [2.05, 4.69) is 5.32 Å². The van der Waals surface area contributed by atoms with E-state index in [-0.39, 0.29) is 19.6 Å². The molecule has 0 spiro atoms. The maximum Gasteiger partial charge on any atom is 0.326 e. The van der Waals surface area contributed by atoms with Crippen LogP contribution in [0.3, 0.4) is 0 Å². The fourth-order valence-corrected chi connectivity index (χ4v) is 2.53. The molecule has 0 saturated heterocycles. The van der Waals surface area contributed by atoms with Crippen molar-refractivity contribution in [3.05, 3.63) is 71.8 Å². The first-order valence-electron chi connectivity index (χ1n) is 8.34. The van der Waals surface area contributed by atoms with Crippen LogP contribution in [0.25, 0.3) is 0 Å². The molecule has 2 rings (SSSR count). The van der Waals surface area contributed by atoms with E-state index in [0.29, 0.717) is 0 Å². The Morgan fingerprint density at radius 2 is 1.54 bits per heavy atom. The van der Waals surface area contributed by atoms with E-state index in [1.165, 1.54) is 7.11 Å². The number of methoxy groups -OCH3 is 1. The molecule has 6 nitrogen and oxygen atoms in total. The van der Waals surface area contributed by atoms with Crippen molar-refractivity contribution in [3.8, 4) is 0 Å². The summed E-state index contributed by atoms with van der Waals surface area (Å²) >= 11 is 0. The lowest BCUT2D eigenvalue weighted by molar-refractivity contribution is -0.143. The summed E-state index contributed by atoms with van der Waals surface area (Å²) in [4.78, 5) is 23.4. The van der Waals surface area contributed by atoms with Gasteiger partial charge in [0.15, 0.2) is 0 Å². The minimum atomic E-state index is -1.10. The third-order valence-corrected chi connectivity index (χ3v) is 3.83. The van der Waals surface area contributed by atoms with Crippen LogP contribution in [-0.4, -0.2) is 43.3 Å². The van der Waals surface area contributed by atoms with Crippen LogP contribution in [0, 0.1) is 0 Å². The number of carbonyl (C=O) groups is 2. The molecule has 0 aliphatic rings. The Balaban J connectivity index is 2.03. The summed E-state index contributed by atoms with van der Waals surface area (Å²) in [5.41, 5.74) is 1.83. The molecule has 2 N–H and O–H groups in total. The summed E-state index contributed by atoms with van der Waals surface area (Å²) in [5, 5.41) is 11.6. The first-order chi connectivity index (χ1) is 12.6. The molecular formula is C20H23NO5. The van der Waals surface area contributed by atoms with Crippen molar-refractivity contribution in [1.82, 2.24) is 5.32 Å². The predicted molar refractivity (Wildman–Crippen MR) is 96.7 cm³/mol. The first kappa shape index (κ1) is 19.6. The van der Waals surface area contributed by atoms with Crippen LogP contribution in [0.2, 0.25) is 0 Å². The monoisotopic (exact) mass is 357 g/mol. The summed E-state index contributed by atoms with van der Waals surface area (Å²) < 4.78 is 10.7. The highest BCUT2D eigenvalue weighted by Crippen LogP contribution is 2.25. The van der Waals surface area contributed by atoms with Gasteiger partial charge in [0.05, 0.1) is 0 Å². The van der Waals surface area contributed by atoms with Gasteiger partial charge in [0.25, 0.3) is 0 Å². The lowest BCUT2D eigenvalue weighted by atomic mass is 10.0. The van der Waals surface area contributed by atoms with E-state index in [4.69, 9.17) is 9.47 Å². The second-order valence-corrected chi connectivity index (χ2v) is 5.75. The first-order valence-corrected chi connectivity index (χ1v) is 8.34. The third kappa shape index (κ3) is 5.98. The molecule has 26 heavy (non-hydrogen) atoms. The van der Waals surface area contributed by atoms with Crippen molar-refractivity contribution >= 4 is 11.9 Å². The quantitative estimate of drug-likeness (QED) is 0.682. The molecule has 0 saturated carbocycles. The molecular weight excluding hydrogens is 334 g/mol. The number of amides is 1. The smallest absolute Gasteiger partial charge is 0.326 e. The van der Waals surface area contributed by atoms with Gasteiger partial charge in [-0.3, -0.25) is 4.79 Å². The highest BCUT2D eigenvalue weighted by Gasteiger charge is 2.21. The number of rotatable bonds is 10. The minimum absolute atomic E-state index is 0.193. The molecule has 138 valence electrons. The van der Waals surface area contributed by atoms with Crippen molar-refractivity contribution < 1.29 is 24.2 Å². The average molecular weight is 357 g/mol. The second-order valence-electron chi connectivity index (χ2n) is 5.75. The Bertz CT molecular complexity index is 650. The SMILES string of the molecule is COCCC(NC(=O)COC(c1ccccc1)c1ccccc1)C(=O)O. The van der Waals surface area contributed by atoms with Gasteiger partial charge in [0, 0.05) is 20.1 Å². The highest BCUT2D eigenvalue weighted by atomic mass is 16.5. The fourth-order valence-electron chi connectivity index (χ4n) is 2.53. The van der Waals surface area contributed by atoms with Gasteiger partial charge in [-0.25, -0.2) is 4.79 Å². The zero-order chi connectivity index (χ0) is 18.8. The highest BCUT2D eigenvalue weighted by molar-refractivity contribution is 5.84. The van der Waals surface area contributed by atoms with Crippen LogP contribution < -0.4 is 5.32 Å².